The summed E-state index contributed by atoms with van der Waals surface area (Å²) in [6.07, 6.45) is 0.417. The SMILES string of the molecule is Nc1ccccc1OCCN1C(=O)Cc2ccc(Cl)cc21. The van der Waals surface area contributed by atoms with E-state index >= 15 is 0 Å². The summed E-state index contributed by atoms with van der Waals surface area (Å²) in [5, 5.41) is 0.627. The fourth-order valence-corrected chi connectivity index (χ4v) is 2.60. The monoisotopic (exact) mass is 302 g/mol. The molecule has 1 amide bonds. The van der Waals surface area contributed by atoms with Crippen molar-refractivity contribution < 1.29 is 9.53 Å². The topological polar surface area (TPSA) is 55.6 Å². The molecule has 108 valence electrons. The van der Waals surface area contributed by atoms with E-state index in [9.17, 15) is 4.79 Å². The molecule has 0 aliphatic carbocycles. The van der Waals surface area contributed by atoms with Gasteiger partial charge < -0.3 is 15.4 Å². The minimum Gasteiger partial charge on any atom is -0.490 e. The minimum absolute atomic E-state index is 0.0666. The Morgan fingerprint density at radius 3 is 2.86 bits per heavy atom. The maximum atomic E-state index is 12.1. The van der Waals surface area contributed by atoms with Gasteiger partial charge in [-0.1, -0.05) is 29.8 Å². The molecule has 3 rings (SSSR count). The molecule has 0 spiro atoms. The van der Waals surface area contributed by atoms with Crippen molar-refractivity contribution >= 4 is 28.9 Å². The second kappa shape index (κ2) is 5.66. The van der Waals surface area contributed by atoms with E-state index in [2.05, 4.69) is 0 Å². The highest BCUT2D eigenvalue weighted by molar-refractivity contribution is 6.31. The van der Waals surface area contributed by atoms with Crippen molar-refractivity contribution in [1.82, 2.24) is 0 Å². The average molecular weight is 303 g/mol. The lowest BCUT2D eigenvalue weighted by molar-refractivity contribution is -0.117. The number of halogens is 1. The quantitative estimate of drug-likeness (QED) is 0.884. The Labute approximate surface area is 128 Å². The largest absolute Gasteiger partial charge is 0.490 e. The number of nitrogens with zero attached hydrogens (tertiary/aromatic N) is 1. The molecule has 0 atom stereocenters. The van der Waals surface area contributed by atoms with E-state index in [0.29, 0.717) is 36.0 Å². The molecule has 2 N–H and O–H groups in total. The van der Waals surface area contributed by atoms with Gasteiger partial charge in [0.1, 0.15) is 12.4 Å². The standard InChI is InChI=1S/C16H15ClN2O2/c17-12-6-5-11-9-16(20)19(14(11)10-12)7-8-21-15-4-2-1-3-13(15)18/h1-6,10H,7-9,18H2. The molecule has 0 unspecified atom stereocenters. The molecule has 1 heterocycles. The van der Waals surface area contributed by atoms with E-state index in [4.69, 9.17) is 22.1 Å². The number of carbonyl (C=O) groups excluding carboxylic acids is 1. The molecular weight excluding hydrogens is 288 g/mol. The summed E-state index contributed by atoms with van der Waals surface area (Å²) in [6, 6.07) is 12.8. The van der Waals surface area contributed by atoms with Crippen molar-refractivity contribution in [1.29, 1.82) is 0 Å². The molecule has 0 aromatic heterocycles. The van der Waals surface area contributed by atoms with Crippen molar-refractivity contribution in [2.45, 2.75) is 6.42 Å². The zero-order chi connectivity index (χ0) is 14.8. The normalized spacial score (nSPS) is 13.4. The Morgan fingerprint density at radius 1 is 1.24 bits per heavy atom. The molecule has 0 saturated heterocycles. The first-order valence-electron chi connectivity index (χ1n) is 6.71. The summed E-state index contributed by atoms with van der Waals surface area (Å²) in [5.41, 5.74) is 8.28. The number of amides is 1. The van der Waals surface area contributed by atoms with E-state index in [1.165, 1.54) is 0 Å². The van der Waals surface area contributed by atoms with Crippen molar-refractivity contribution in [3.8, 4) is 5.75 Å². The third-order valence-electron chi connectivity index (χ3n) is 3.47. The molecule has 21 heavy (non-hydrogen) atoms. The molecule has 5 heteroatoms. The first-order valence-corrected chi connectivity index (χ1v) is 7.09. The number of anilines is 2. The van der Waals surface area contributed by atoms with E-state index in [-0.39, 0.29) is 5.91 Å². The van der Waals surface area contributed by atoms with Gasteiger partial charge >= 0.3 is 0 Å². The number of hydrogen-bond acceptors (Lipinski definition) is 3. The van der Waals surface area contributed by atoms with Gasteiger partial charge in [-0.15, -0.1) is 0 Å². The van der Waals surface area contributed by atoms with E-state index in [0.717, 1.165) is 11.3 Å². The van der Waals surface area contributed by atoms with Gasteiger partial charge in [0.15, 0.2) is 0 Å². The van der Waals surface area contributed by atoms with Crippen LogP contribution in [0.25, 0.3) is 0 Å². The van der Waals surface area contributed by atoms with Crippen LogP contribution in [0.4, 0.5) is 11.4 Å². The summed E-state index contributed by atoms with van der Waals surface area (Å²) in [5.74, 6) is 0.701. The second-order valence-corrected chi connectivity index (χ2v) is 5.32. The van der Waals surface area contributed by atoms with Gasteiger partial charge in [-0.05, 0) is 29.8 Å². The predicted molar refractivity (Wildman–Crippen MR) is 83.9 cm³/mol. The van der Waals surface area contributed by atoms with Crippen LogP contribution in [-0.2, 0) is 11.2 Å². The number of hydrogen-bond donors (Lipinski definition) is 1. The molecule has 2 aromatic carbocycles. The number of rotatable bonds is 4. The number of fused-ring (bicyclic) bond motifs is 1. The van der Waals surface area contributed by atoms with Crippen LogP contribution in [0.3, 0.4) is 0 Å². The molecule has 0 fully saturated rings. The summed E-state index contributed by atoms with van der Waals surface area (Å²) < 4.78 is 5.64. The van der Waals surface area contributed by atoms with Crippen LogP contribution in [0.1, 0.15) is 5.56 Å². The fourth-order valence-electron chi connectivity index (χ4n) is 2.43. The number of carbonyl (C=O) groups is 1. The van der Waals surface area contributed by atoms with Crippen molar-refractivity contribution in [2.24, 2.45) is 0 Å². The summed E-state index contributed by atoms with van der Waals surface area (Å²) in [6.45, 7) is 0.854. The van der Waals surface area contributed by atoms with Crippen molar-refractivity contribution in [2.75, 3.05) is 23.8 Å². The van der Waals surface area contributed by atoms with E-state index in [1.807, 2.05) is 30.3 Å². The number of ether oxygens (including phenoxy) is 1. The molecule has 1 aliphatic rings. The second-order valence-electron chi connectivity index (χ2n) is 4.88. The van der Waals surface area contributed by atoms with Crippen LogP contribution in [0, 0.1) is 0 Å². The maximum absolute atomic E-state index is 12.1. The Hall–Kier alpha value is -2.20. The van der Waals surface area contributed by atoms with Crippen LogP contribution in [0.15, 0.2) is 42.5 Å². The van der Waals surface area contributed by atoms with Gasteiger partial charge in [0.25, 0.3) is 0 Å². The molecule has 1 aliphatic heterocycles. The lowest BCUT2D eigenvalue weighted by Crippen LogP contribution is -2.31. The summed E-state index contributed by atoms with van der Waals surface area (Å²) in [7, 11) is 0. The van der Waals surface area contributed by atoms with Gasteiger partial charge in [0.05, 0.1) is 18.7 Å². The van der Waals surface area contributed by atoms with Crippen LogP contribution < -0.4 is 15.4 Å². The Balaban J connectivity index is 1.68. The van der Waals surface area contributed by atoms with Crippen LogP contribution >= 0.6 is 11.6 Å². The highest BCUT2D eigenvalue weighted by Crippen LogP contribution is 2.31. The molecule has 0 saturated carbocycles. The van der Waals surface area contributed by atoms with Gasteiger partial charge in [-0.2, -0.15) is 0 Å². The van der Waals surface area contributed by atoms with E-state index in [1.54, 1.807) is 17.0 Å². The maximum Gasteiger partial charge on any atom is 0.231 e. The lowest BCUT2D eigenvalue weighted by atomic mass is 10.2. The van der Waals surface area contributed by atoms with Crippen molar-refractivity contribution in [3.05, 3.63) is 53.1 Å². The van der Waals surface area contributed by atoms with Gasteiger partial charge in [-0.3, -0.25) is 4.79 Å². The zero-order valence-electron chi connectivity index (χ0n) is 11.4. The Bertz CT molecular complexity index is 688. The number of benzene rings is 2. The molecule has 4 nitrogen and oxygen atoms in total. The van der Waals surface area contributed by atoms with Gasteiger partial charge in [0, 0.05) is 10.7 Å². The number of para-hydroxylation sites is 2. The number of nitrogens with two attached hydrogens (primary N) is 1. The zero-order valence-corrected chi connectivity index (χ0v) is 12.1. The first kappa shape index (κ1) is 13.8. The van der Waals surface area contributed by atoms with Gasteiger partial charge in [0.2, 0.25) is 5.91 Å². The average Bonchev–Trinajstić information content (AvgIpc) is 2.77. The molecule has 0 bridgehead atoms. The highest BCUT2D eigenvalue weighted by Gasteiger charge is 2.27. The fraction of sp³-hybridized carbons (Fsp3) is 0.188. The number of nitrogen functional groups attached to an aromatic ring is 1. The van der Waals surface area contributed by atoms with Gasteiger partial charge in [-0.25, -0.2) is 0 Å². The lowest BCUT2D eigenvalue weighted by Gasteiger charge is -2.18. The predicted octanol–water partition coefficient (Wildman–Crippen LogP) is 2.89. The third kappa shape index (κ3) is 2.81. The highest BCUT2D eigenvalue weighted by atomic mass is 35.5. The van der Waals surface area contributed by atoms with Crippen LogP contribution in [0.5, 0.6) is 5.75 Å². The Morgan fingerprint density at radius 2 is 2.05 bits per heavy atom. The van der Waals surface area contributed by atoms with E-state index < -0.39 is 0 Å². The Kier molecular flexibility index (Phi) is 3.71. The summed E-state index contributed by atoms with van der Waals surface area (Å²) in [4.78, 5) is 13.8. The minimum atomic E-state index is 0.0666. The third-order valence-corrected chi connectivity index (χ3v) is 3.71. The van der Waals surface area contributed by atoms with Crippen LogP contribution in [-0.4, -0.2) is 19.1 Å². The molecular formula is C16H15ClN2O2. The molecule has 0 radical (unpaired) electrons. The molecule has 2 aromatic rings. The van der Waals surface area contributed by atoms with Crippen LogP contribution in [0.2, 0.25) is 5.02 Å². The first-order chi connectivity index (χ1) is 10.1. The summed E-state index contributed by atoms with van der Waals surface area (Å²) >= 11 is 6.00. The van der Waals surface area contributed by atoms with Crippen molar-refractivity contribution in [3.63, 3.8) is 0 Å². The smallest absolute Gasteiger partial charge is 0.231 e.